The molecule has 1 heterocycles. The van der Waals surface area contributed by atoms with Gasteiger partial charge in [0.05, 0.1) is 12.7 Å². The van der Waals surface area contributed by atoms with E-state index >= 15 is 0 Å². The molecule has 0 aliphatic carbocycles. The third kappa shape index (κ3) is 2.23. The van der Waals surface area contributed by atoms with Gasteiger partial charge in [0.25, 0.3) is 0 Å². The fraction of sp³-hybridized carbons (Fsp3) is 0.417. The molecule has 0 radical (unpaired) electrons. The van der Waals surface area contributed by atoms with Crippen molar-refractivity contribution < 1.29 is 9.53 Å². The molecule has 1 aromatic carbocycles. The van der Waals surface area contributed by atoms with Gasteiger partial charge in [-0.1, -0.05) is 18.2 Å². The van der Waals surface area contributed by atoms with E-state index < -0.39 is 0 Å². The number of rotatable bonds is 2. The molecule has 0 aromatic heterocycles. The van der Waals surface area contributed by atoms with Gasteiger partial charge in [0.15, 0.2) is 0 Å². The first-order chi connectivity index (χ1) is 7.83. The van der Waals surface area contributed by atoms with Gasteiger partial charge in [0, 0.05) is 25.7 Å². The van der Waals surface area contributed by atoms with Crippen LogP contribution in [-0.4, -0.2) is 32.7 Å². The summed E-state index contributed by atoms with van der Waals surface area (Å²) >= 11 is 0. The molecule has 1 aromatic rings. The number of hydrogen-bond donors (Lipinski definition) is 2. The highest BCUT2D eigenvalue weighted by Crippen LogP contribution is 2.19. The maximum absolute atomic E-state index is 11.6. The molecular weight excluding hydrogens is 204 g/mol. The second-order valence-corrected chi connectivity index (χ2v) is 3.79. The first kappa shape index (κ1) is 11.1. The Bertz CT molecular complexity index is 373. The van der Waals surface area contributed by atoms with E-state index in [-0.39, 0.29) is 12.0 Å². The Morgan fingerprint density at radius 1 is 1.38 bits per heavy atom. The summed E-state index contributed by atoms with van der Waals surface area (Å²) in [6, 6.07) is 7.75. The lowest BCUT2D eigenvalue weighted by Crippen LogP contribution is -2.43. The fourth-order valence-corrected chi connectivity index (χ4v) is 1.97. The molecule has 4 heteroatoms. The topological polar surface area (TPSA) is 50.4 Å². The van der Waals surface area contributed by atoms with E-state index in [2.05, 4.69) is 10.6 Å². The zero-order valence-corrected chi connectivity index (χ0v) is 9.32. The van der Waals surface area contributed by atoms with Crippen LogP contribution in [0.5, 0.6) is 0 Å². The quantitative estimate of drug-likeness (QED) is 0.721. The van der Waals surface area contributed by atoms with Crippen molar-refractivity contribution in [3.63, 3.8) is 0 Å². The van der Waals surface area contributed by atoms with Crippen LogP contribution in [0.4, 0.5) is 0 Å². The molecule has 1 saturated heterocycles. The molecule has 1 atom stereocenters. The van der Waals surface area contributed by atoms with Gasteiger partial charge >= 0.3 is 5.97 Å². The predicted molar refractivity (Wildman–Crippen MR) is 61.4 cm³/mol. The van der Waals surface area contributed by atoms with Crippen molar-refractivity contribution in [1.82, 2.24) is 10.6 Å². The molecule has 0 bridgehead atoms. The van der Waals surface area contributed by atoms with Crippen molar-refractivity contribution in [2.45, 2.75) is 6.04 Å². The van der Waals surface area contributed by atoms with Crippen LogP contribution in [0, 0.1) is 0 Å². The Balaban J connectivity index is 2.28. The standard InChI is InChI=1S/C12H16N2O2/c1-16-12(15)10-5-3-2-4-9(10)11-8-13-6-7-14-11/h2-5,11,13-14H,6-8H2,1H3. The number of benzene rings is 1. The van der Waals surface area contributed by atoms with Crippen LogP contribution in [0.3, 0.4) is 0 Å². The summed E-state index contributed by atoms with van der Waals surface area (Å²) in [6.45, 7) is 2.73. The number of hydrogen-bond acceptors (Lipinski definition) is 4. The molecule has 1 fully saturated rings. The minimum absolute atomic E-state index is 0.184. The van der Waals surface area contributed by atoms with Gasteiger partial charge < -0.3 is 15.4 Å². The summed E-state index contributed by atoms with van der Waals surface area (Å²) in [4.78, 5) is 11.6. The van der Waals surface area contributed by atoms with Crippen LogP contribution in [0.2, 0.25) is 0 Å². The fourth-order valence-electron chi connectivity index (χ4n) is 1.97. The van der Waals surface area contributed by atoms with E-state index in [0.29, 0.717) is 5.56 Å². The first-order valence-electron chi connectivity index (χ1n) is 5.44. The summed E-state index contributed by atoms with van der Waals surface area (Å²) in [6.07, 6.45) is 0. The Labute approximate surface area is 95.0 Å². The van der Waals surface area contributed by atoms with Crippen LogP contribution >= 0.6 is 0 Å². The van der Waals surface area contributed by atoms with E-state index in [4.69, 9.17) is 4.74 Å². The van der Waals surface area contributed by atoms with Crippen molar-refractivity contribution in [3.05, 3.63) is 35.4 Å². The number of esters is 1. The average Bonchev–Trinajstić information content (AvgIpc) is 2.39. The average molecular weight is 220 g/mol. The maximum atomic E-state index is 11.6. The van der Waals surface area contributed by atoms with Crippen LogP contribution in [0.25, 0.3) is 0 Å². The van der Waals surface area contributed by atoms with Crippen LogP contribution in [-0.2, 0) is 4.74 Å². The van der Waals surface area contributed by atoms with Crippen LogP contribution < -0.4 is 10.6 Å². The molecule has 0 saturated carbocycles. The van der Waals surface area contributed by atoms with Gasteiger partial charge in [-0.2, -0.15) is 0 Å². The maximum Gasteiger partial charge on any atom is 0.338 e. The van der Waals surface area contributed by atoms with E-state index in [9.17, 15) is 4.79 Å². The second-order valence-electron chi connectivity index (χ2n) is 3.79. The van der Waals surface area contributed by atoms with Crippen molar-refractivity contribution in [3.8, 4) is 0 Å². The van der Waals surface area contributed by atoms with Gasteiger partial charge in [0.2, 0.25) is 0 Å². The molecule has 1 unspecified atom stereocenters. The number of carbonyl (C=O) groups is 1. The molecule has 0 spiro atoms. The summed E-state index contributed by atoms with van der Waals surface area (Å²) in [7, 11) is 1.41. The highest BCUT2D eigenvalue weighted by atomic mass is 16.5. The molecule has 1 aliphatic rings. The Morgan fingerprint density at radius 2 is 2.19 bits per heavy atom. The Morgan fingerprint density at radius 3 is 2.88 bits per heavy atom. The Kier molecular flexibility index (Phi) is 3.54. The van der Waals surface area contributed by atoms with E-state index in [0.717, 1.165) is 25.2 Å². The highest BCUT2D eigenvalue weighted by Gasteiger charge is 2.20. The SMILES string of the molecule is COC(=O)c1ccccc1C1CNCCN1. The van der Waals surface area contributed by atoms with Gasteiger partial charge in [-0.05, 0) is 11.6 Å². The van der Waals surface area contributed by atoms with Crippen molar-refractivity contribution in [1.29, 1.82) is 0 Å². The molecule has 1 aliphatic heterocycles. The van der Waals surface area contributed by atoms with Gasteiger partial charge in [0.1, 0.15) is 0 Å². The molecule has 2 N–H and O–H groups in total. The van der Waals surface area contributed by atoms with Crippen LogP contribution in [0.15, 0.2) is 24.3 Å². The lowest BCUT2D eigenvalue weighted by molar-refractivity contribution is 0.0598. The van der Waals surface area contributed by atoms with E-state index in [1.54, 1.807) is 6.07 Å². The Hall–Kier alpha value is -1.39. The van der Waals surface area contributed by atoms with Crippen molar-refractivity contribution >= 4 is 5.97 Å². The van der Waals surface area contributed by atoms with Gasteiger partial charge in [-0.15, -0.1) is 0 Å². The highest BCUT2D eigenvalue weighted by molar-refractivity contribution is 5.91. The van der Waals surface area contributed by atoms with E-state index in [1.807, 2.05) is 18.2 Å². The van der Waals surface area contributed by atoms with Gasteiger partial charge in [-0.25, -0.2) is 4.79 Å². The zero-order valence-electron chi connectivity index (χ0n) is 9.32. The minimum Gasteiger partial charge on any atom is -0.465 e. The number of ether oxygens (including phenoxy) is 1. The molecule has 16 heavy (non-hydrogen) atoms. The number of methoxy groups -OCH3 is 1. The number of nitrogens with one attached hydrogen (secondary N) is 2. The summed E-state index contributed by atoms with van der Waals surface area (Å²) in [5.74, 6) is -0.275. The predicted octanol–water partition coefficient (Wildman–Crippen LogP) is 0.707. The van der Waals surface area contributed by atoms with Crippen molar-refractivity contribution in [2.75, 3.05) is 26.7 Å². The molecule has 2 rings (SSSR count). The third-order valence-corrected chi connectivity index (χ3v) is 2.78. The largest absolute Gasteiger partial charge is 0.465 e. The molecule has 86 valence electrons. The number of carbonyl (C=O) groups excluding carboxylic acids is 1. The second kappa shape index (κ2) is 5.09. The zero-order chi connectivity index (χ0) is 11.4. The summed E-state index contributed by atoms with van der Waals surface area (Å²) in [5, 5.41) is 6.69. The van der Waals surface area contributed by atoms with Crippen LogP contribution in [0.1, 0.15) is 22.0 Å². The lowest BCUT2D eigenvalue weighted by atomic mass is 9.99. The first-order valence-corrected chi connectivity index (χ1v) is 5.44. The number of piperazine rings is 1. The van der Waals surface area contributed by atoms with Crippen molar-refractivity contribution in [2.24, 2.45) is 0 Å². The smallest absolute Gasteiger partial charge is 0.338 e. The monoisotopic (exact) mass is 220 g/mol. The summed E-state index contributed by atoms with van der Waals surface area (Å²) < 4.78 is 4.78. The summed E-state index contributed by atoms with van der Waals surface area (Å²) in [5.41, 5.74) is 1.65. The van der Waals surface area contributed by atoms with E-state index in [1.165, 1.54) is 7.11 Å². The molecular formula is C12H16N2O2. The minimum atomic E-state index is -0.275. The molecule has 0 amide bonds. The molecule has 4 nitrogen and oxygen atoms in total. The lowest BCUT2D eigenvalue weighted by Gasteiger charge is -2.26. The normalized spacial score (nSPS) is 20.4. The van der Waals surface area contributed by atoms with Gasteiger partial charge in [-0.3, -0.25) is 0 Å². The third-order valence-electron chi connectivity index (χ3n) is 2.78.